The van der Waals surface area contributed by atoms with Gasteiger partial charge in [-0.2, -0.15) is 0 Å². The second-order valence-corrected chi connectivity index (χ2v) is 6.89. The lowest BCUT2D eigenvalue weighted by Gasteiger charge is -2.51. The molecule has 0 amide bonds. The Morgan fingerprint density at radius 2 is 1.88 bits per heavy atom. The molecule has 2 nitrogen and oxygen atoms in total. The first kappa shape index (κ1) is 13.1. The minimum Gasteiger partial charge on any atom is -0.392 e. The van der Waals surface area contributed by atoms with Gasteiger partial charge in [0.25, 0.3) is 0 Å². The maximum Gasteiger partial charge on any atom is 0.139 e. The summed E-state index contributed by atoms with van der Waals surface area (Å²) >= 11 is 0. The normalized spacial score (nSPS) is 46.0. The lowest BCUT2D eigenvalue weighted by atomic mass is 9.53. The monoisotopic (exact) mass is 238 g/mol. The SMILES string of the molecule is CC(=O)[C@]12C[C@H](C(C)C)CC[C@@]1(C)CC[C@@H]2O. The van der Waals surface area contributed by atoms with E-state index in [1.54, 1.807) is 6.92 Å². The number of Topliss-reactive ketones (excluding diaryl/α,β-unsaturated/α-hetero) is 1. The molecule has 0 radical (unpaired) electrons. The van der Waals surface area contributed by atoms with Crippen molar-refractivity contribution in [1.29, 1.82) is 0 Å². The molecule has 2 heteroatoms. The van der Waals surface area contributed by atoms with Crippen LogP contribution in [-0.2, 0) is 4.79 Å². The Hall–Kier alpha value is -0.370. The molecule has 0 bridgehead atoms. The zero-order valence-electron chi connectivity index (χ0n) is 11.6. The maximum absolute atomic E-state index is 12.2. The lowest BCUT2D eigenvalue weighted by molar-refractivity contribution is -0.148. The third-order valence-electron chi connectivity index (χ3n) is 5.84. The molecule has 0 aromatic carbocycles. The average Bonchev–Trinajstić information content (AvgIpc) is 2.52. The highest BCUT2D eigenvalue weighted by Gasteiger charge is 2.62. The van der Waals surface area contributed by atoms with Crippen LogP contribution in [0, 0.1) is 22.7 Å². The molecule has 2 rings (SSSR count). The fourth-order valence-electron chi connectivity index (χ4n) is 4.45. The van der Waals surface area contributed by atoms with Gasteiger partial charge in [0.1, 0.15) is 5.78 Å². The third-order valence-corrected chi connectivity index (χ3v) is 5.84. The van der Waals surface area contributed by atoms with Gasteiger partial charge in [0, 0.05) is 0 Å². The fraction of sp³-hybridized carbons (Fsp3) is 0.933. The molecule has 0 saturated heterocycles. The van der Waals surface area contributed by atoms with E-state index in [1.165, 1.54) is 6.42 Å². The molecule has 4 atom stereocenters. The highest BCUT2D eigenvalue weighted by Crippen LogP contribution is 2.63. The van der Waals surface area contributed by atoms with Gasteiger partial charge >= 0.3 is 0 Å². The number of aliphatic hydroxyl groups is 1. The van der Waals surface area contributed by atoms with Crippen LogP contribution in [-0.4, -0.2) is 17.0 Å². The molecular weight excluding hydrogens is 212 g/mol. The Morgan fingerprint density at radius 1 is 1.29 bits per heavy atom. The van der Waals surface area contributed by atoms with Gasteiger partial charge in [0.2, 0.25) is 0 Å². The summed E-state index contributed by atoms with van der Waals surface area (Å²) in [5, 5.41) is 10.4. The second kappa shape index (κ2) is 4.08. The Kier molecular flexibility index (Phi) is 3.14. The Morgan fingerprint density at radius 3 is 2.41 bits per heavy atom. The molecule has 98 valence electrons. The van der Waals surface area contributed by atoms with Crippen molar-refractivity contribution in [2.75, 3.05) is 0 Å². The summed E-state index contributed by atoms with van der Waals surface area (Å²) in [6.07, 6.45) is 4.63. The van der Waals surface area contributed by atoms with Crippen LogP contribution in [0.1, 0.15) is 59.8 Å². The van der Waals surface area contributed by atoms with Crippen LogP contribution >= 0.6 is 0 Å². The molecule has 2 fully saturated rings. The van der Waals surface area contributed by atoms with Gasteiger partial charge in [-0.15, -0.1) is 0 Å². The topological polar surface area (TPSA) is 37.3 Å². The van der Waals surface area contributed by atoms with Gasteiger partial charge in [0.05, 0.1) is 11.5 Å². The number of aliphatic hydroxyl groups excluding tert-OH is 1. The molecule has 0 aliphatic heterocycles. The quantitative estimate of drug-likeness (QED) is 0.802. The van der Waals surface area contributed by atoms with Crippen molar-refractivity contribution in [3.8, 4) is 0 Å². The van der Waals surface area contributed by atoms with Gasteiger partial charge < -0.3 is 5.11 Å². The number of ketones is 1. The van der Waals surface area contributed by atoms with Crippen molar-refractivity contribution in [3.63, 3.8) is 0 Å². The molecule has 0 spiro atoms. The maximum atomic E-state index is 12.2. The van der Waals surface area contributed by atoms with E-state index >= 15 is 0 Å². The van der Waals surface area contributed by atoms with Crippen molar-refractivity contribution in [2.24, 2.45) is 22.7 Å². The molecule has 1 N–H and O–H groups in total. The van der Waals surface area contributed by atoms with Crippen molar-refractivity contribution >= 4 is 5.78 Å². The summed E-state index contributed by atoms with van der Waals surface area (Å²) in [4.78, 5) is 12.2. The fourth-order valence-corrected chi connectivity index (χ4v) is 4.45. The van der Waals surface area contributed by atoms with Crippen LogP contribution < -0.4 is 0 Å². The van der Waals surface area contributed by atoms with Crippen LogP contribution in [0.15, 0.2) is 0 Å². The number of hydrogen-bond donors (Lipinski definition) is 1. The highest BCUT2D eigenvalue weighted by atomic mass is 16.3. The standard InChI is InChI=1S/C15H26O2/c1-10(2)12-5-7-14(4)8-6-13(17)15(14,9-12)11(3)16/h10,12-13,17H,5-9H2,1-4H3/t12-,13+,14+,15+/m1/s1. The molecule has 2 aliphatic carbocycles. The molecule has 0 heterocycles. The minimum absolute atomic E-state index is 0.0453. The lowest BCUT2D eigenvalue weighted by Crippen LogP contribution is -2.52. The van der Waals surface area contributed by atoms with E-state index < -0.39 is 11.5 Å². The number of carbonyl (C=O) groups excluding carboxylic acids is 1. The van der Waals surface area contributed by atoms with Crippen LogP contribution in [0.4, 0.5) is 0 Å². The molecule has 0 aromatic rings. The molecule has 2 saturated carbocycles. The van der Waals surface area contributed by atoms with Crippen molar-refractivity contribution in [3.05, 3.63) is 0 Å². The van der Waals surface area contributed by atoms with Crippen LogP contribution in [0.5, 0.6) is 0 Å². The summed E-state index contributed by atoms with van der Waals surface area (Å²) in [6, 6.07) is 0. The van der Waals surface area contributed by atoms with E-state index in [2.05, 4.69) is 20.8 Å². The Labute approximate surface area is 105 Å². The minimum atomic E-state index is -0.444. The number of carbonyl (C=O) groups is 1. The zero-order valence-corrected chi connectivity index (χ0v) is 11.6. The predicted molar refractivity (Wildman–Crippen MR) is 68.6 cm³/mol. The van der Waals surface area contributed by atoms with Gasteiger partial charge in [-0.1, -0.05) is 20.8 Å². The van der Waals surface area contributed by atoms with E-state index in [9.17, 15) is 9.90 Å². The molecule has 2 aliphatic rings. The average molecular weight is 238 g/mol. The van der Waals surface area contributed by atoms with E-state index in [0.29, 0.717) is 11.8 Å². The Balaban J connectivity index is 2.38. The van der Waals surface area contributed by atoms with Crippen molar-refractivity contribution < 1.29 is 9.90 Å². The van der Waals surface area contributed by atoms with E-state index in [4.69, 9.17) is 0 Å². The van der Waals surface area contributed by atoms with E-state index in [-0.39, 0.29) is 11.2 Å². The van der Waals surface area contributed by atoms with Crippen molar-refractivity contribution in [2.45, 2.75) is 65.9 Å². The van der Waals surface area contributed by atoms with Crippen LogP contribution in [0.3, 0.4) is 0 Å². The van der Waals surface area contributed by atoms with Crippen molar-refractivity contribution in [1.82, 2.24) is 0 Å². The number of hydrogen-bond acceptors (Lipinski definition) is 2. The summed E-state index contributed by atoms with van der Waals surface area (Å²) in [6.45, 7) is 8.39. The zero-order chi connectivity index (χ0) is 12.8. The molecule has 0 aromatic heterocycles. The first-order valence-corrected chi connectivity index (χ1v) is 7.02. The first-order chi connectivity index (χ1) is 7.83. The third kappa shape index (κ3) is 1.68. The van der Waals surface area contributed by atoms with Gasteiger partial charge in [-0.25, -0.2) is 0 Å². The second-order valence-electron chi connectivity index (χ2n) is 6.89. The number of rotatable bonds is 2. The molecular formula is C15H26O2. The summed E-state index contributed by atoms with van der Waals surface area (Å²) in [5.41, 5.74) is -0.399. The van der Waals surface area contributed by atoms with Crippen LogP contribution in [0.2, 0.25) is 0 Å². The van der Waals surface area contributed by atoms with Crippen LogP contribution in [0.25, 0.3) is 0 Å². The summed E-state index contributed by atoms with van der Waals surface area (Å²) in [5.74, 6) is 1.43. The summed E-state index contributed by atoms with van der Waals surface area (Å²) < 4.78 is 0. The largest absolute Gasteiger partial charge is 0.392 e. The van der Waals surface area contributed by atoms with Gasteiger partial charge in [-0.05, 0) is 56.3 Å². The number of fused-ring (bicyclic) bond motifs is 1. The van der Waals surface area contributed by atoms with Gasteiger partial charge in [-0.3, -0.25) is 4.79 Å². The predicted octanol–water partition coefficient (Wildman–Crippen LogP) is 3.18. The molecule has 17 heavy (non-hydrogen) atoms. The van der Waals surface area contributed by atoms with E-state index in [0.717, 1.165) is 25.7 Å². The highest BCUT2D eigenvalue weighted by molar-refractivity contribution is 5.84. The smallest absolute Gasteiger partial charge is 0.139 e. The first-order valence-electron chi connectivity index (χ1n) is 7.02. The van der Waals surface area contributed by atoms with Gasteiger partial charge in [0.15, 0.2) is 0 Å². The summed E-state index contributed by atoms with van der Waals surface area (Å²) in [7, 11) is 0. The Bertz CT molecular complexity index is 323. The van der Waals surface area contributed by atoms with E-state index in [1.807, 2.05) is 0 Å². The molecule has 0 unspecified atom stereocenters.